The minimum Gasteiger partial charge on any atom is -0.354 e. The van der Waals surface area contributed by atoms with Crippen LogP contribution in [0.5, 0.6) is 0 Å². The Labute approximate surface area is 249 Å². The van der Waals surface area contributed by atoms with Gasteiger partial charge in [-0.05, 0) is 54.3 Å². The Morgan fingerprint density at radius 2 is 1.60 bits per heavy atom. The van der Waals surface area contributed by atoms with E-state index in [1.165, 1.54) is 74.9 Å². The second kappa shape index (κ2) is 12.4. The zero-order chi connectivity index (χ0) is 30.0. The van der Waals surface area contributed by atoms with E-state index in [1.54, 1.807) is 0 Å². The van der Waals surface area contributed by atoms with E-state index in [1.807, 2.05) is 6.07 Å². The number of benzene rings is 2. The quantitative estimate of drug-likeness (QED) is 0.279. The van der Waals surface area contributed by atoms with E-state index >= 15 is 0 Å². The molecular formula is C31H35ClF3N3O3S. The molecule has 1 amide bonds. The normalized spacial score (nSPS) is 17.9. The number of amides is 1. The molecule has 1 aliphatic carbocycles. The van der Waals surface area contributed by atoms with Gasteiger partial charge in [0.1, 0.15) is 5.69 Å². The predicted molar refractivity (Wildman–Crippen MR) is 155 cm³/mol. The van der Waals surface area contributed by atoms with Crippen LogP contribution in [0.3, 0.4) is 0 Å². The number of alkyl halides is 3. The lowest BCUT2D eigenvalue weighted by molar-refractivity contribution is -0.137. The van der Waals surface area contributed by atoms with E-state index in [2.05, 4.69) is 15.6 Å². The zero-order valence-electron chi connectivity index (χ0n) is 23.2. The molecule has 42 heavy (non-hydrogen) atoms. The maximum Gasteiger partial charge on any atom is 0.417 e. The largest absolute Gasteiger partial charge is 0.417 e. The van der Waals surface area contributed by atoms with Crippen LogP contribution in [0.25, 0.3) is 0 Å². The number of carbonyl (C=O) groups is 1. The van der Waals surface area contributed by atoms with Crippen molar-refractivity contribution >= 4 is 27.3 Å². The van der Waals surface area contributed by atoms with Crippen molar-refractivity contribution in [2.24, 2.45) is 0 Å². The molecule has 11 heteroatoms. The average molecular weight is 622 g/mol. The van der Waals surface area contributed by atoms with Crippen molar-refractivity contribution in [3.63, 3.8) is 0 Å². The third-order valence-electron chi connectivity index (χ3n) is 8.51. The molecule has 1 aliphatic heterocycles. The van der Waals surface area contributed by atoms with E-state index in [0.29, 0.717) is 17.8 Å². The van der Waals surface area contributed by atoms with Crippen molar-refractivity contribution in [3.8, 4) is 0 Å². The molecule has 1 saturated carbocycles. The molecule has 0 unspecified atom stereocenters. The second-order valence-electron chi connectivity index (χ2n) is 11.4. The van der Waals surface area contributed by atoms with Gasteiger partial charge in [0.05, 0.1) is 20.4 Å². The molecule has 5 rings (SSSR count). The molecule has 1 aromatic heterocycles. The number of fused-ring (bicyclic) bond motifs is 2. The number of rotatable bonds is 5. The minimum absolute atomic E-state index is 0.00723. The maximum absolute atomic E-state index is 13.2. The van der Waals surface area contributed by atoms with Gasteiger partial charge in [-0.2, -0.15) is 13.2 Å². The van der Waals surface area contributed by atoms with Gasteiger partial charge >= 0.3 is 6.18 Å². The van der Waals surface area contributed by atoms with Gasteiger partial charge in [0.25, 0.3) is 5.91 Å². The molecule has 0 saturated heterocycles. The lowest BCUT2D eigenvalue weighted by Gasteiger charge is -2.38. The third-order valence-corrected chi connectivity index (χ3v) is 10.8. The van der Waals surface area contributed by atoms with Crippen LogP contribution in [-0.4, -0.2) is 25.9 Å². The number of nitrogens with one attached hydrogen (secondary N) is 3. The van der Waals surface area contributed by atoms with E-state index in [-0.39, 0.29) is 22.8 Å². The number of hydrogen-bond donors (Lipinski definition) is 3. The lowest BCUT2D eigenvalue weighted by atomic mass is 9.72. The van der Waals surface area contributed by atoms with Gasteiger partial charge in [-0.3, -0.25) is 4.79 Å². The fourth-order valence-electron chi connectivity index (χ4n) is 6.25. The molecule has 1 spiro atoms. The molecule has 0 atom stereocenters. The van der Waals surface area contributed by atoms with Crippen LogP contribution >= 0.6 is 11.6 Å². The van der Waals surface area contributed by atoms with Crippen LogP contribution in [-0.2, 0) is 34.5 Å². The maximum atomic E-state index is 13.2. The Morgan fingerprint density at radius 3 is 2.24 bits per heavy atom. The van der Waals surface area contributed by atoms with E-state index in [9.17, 15) is 26.4 Å². The molecule has 3 aromatic rings. The van der Waals surface area contributed by atoms with Crippen molar-refractivity contribution in [1.82, 2.24) is 15.6 Å². The first kappa shape index (κ1) is 30.6. The molecule has 3 N–H and O–H groups in total. The summed E-state index contributed by atoms with van der Waals surface area (Å²) in [5.41, 5.74) is 2.24. The average Bonchev–Trinajstić information content (AvgIpc) is 3.41. The van der Waals surface area contributed by atoms with Gasteiger partial charge in [-0.25, -0.2) is 8.42 Å². The summed E-state index contributed by atoms with van der Waals surface area (Å²) in [5.74, 6) is -0.258. The molecular weight excluding hydrogens is 587 g/mol. The first-order valence-corrected chi connectivity index (χ1v) is 16.3. The number of sulfone groups is 1. The van der Waals surface area contributed by atoms with Crippen LogP contribution in [0.1, 0.15) is 90.7 Å². The molecule has 2 aromatic carbocycles. The Kier molecular flexibility index (Phi) is 9.06. The van der Waals surface area contributed by atoms with Crippen LogP contribution in [0.2, 0.25) is 5.02 Å². The number of halogens is 4. The van der Waals surface area contributed by atoms with Gasteiger partial charge in [-0.15, -0.1) is 0 Å². The fraction of sp³-hybridized carbons (Fsp3) is 0.452. The first-order valence-electron chi connectivity index (χ1n) is 14.4. The highest BCUT2D eigenvalue weighted by molar-refractivity contribution is 7.91. The summed E-state index contributed by atoms with van der Waals surface area (Å²) in [6, 6.07) is 10.4. The summed E-state index contributed by atoms with van der Waals surface area (Å²) in [6.07, 6.45) is 6.09. The van der Waals surface area contributed by atoms with E-state index in [4.69, 9.17) is 11.6 Å². The fourth-order valence-corrected chi connectivity index (χ4v) is 8.14. The summed E-state index contributed by atoms with van der Waals surface area (Å²) >= 11 is 5.86. The zero-order valence-corrected chi connectivity index (χ0v) is 24.8. The van der Waals surface area contributed by atoms with Gasteiger partial charge in [0, 0.05) is 30.7 Å². The topological polar surface area (TPSA) is 91.1 Å². The monoisotopic (exact) mass is 621 g/mol. The van der Waals surface area contributed by atoms with Crippen molar-refractivity contribution in [2.45, 2.75) is 92.3 Å². The van der Waals surface area contributed by atoms with Crippen LogP contribution < -0.4 is 10.6 Å². The van der Waals surface area contributed by atoms with Crippen molar-refractivity contribution < 1.29 is 26.4 Å². The summed E-state index contributed by atoms with van der Waals surface area (Å²) in [7, 11) is -4.30. The Bertz CT molecular complexity index is 1520. The molecule has 226 valence electrons. The van der Waals surface area contributed by atoms with Gasteiger partial charge in [0.2, 0.25) is 9.84 Å². The van der Waals surface area contributed by atoms with E-state index in [0.717, 1.165) is 43.1 Å². The SMILES string of the molecule is O=C(NCc1ccc(S(=O)(=O)c2cccc(C(F)(F)F)c2Cl)cc1)c1cc2c([nH]1)C1(CCCCCCCCC1)CNC2. The molecule has 0 bridgehead atoms. The second-order valence-corrected chi connectivity index (χ2v) is 13.7. The van der Waals surface area contributed by atoms with Crippen LogP contribution in [0.4, 0.5) is 13.2 Å². The van der Waals surface area contributed by atoms with Gasteiger partial charge in [0.15, 0.2) is 0 Å². The highest BCUT2D eigenvalue weighted by Crippen LogP contribution is 2.41. The van der Waals surface area contributed by atoms with Crippen molar-refractivity contribution in [2.75, 3.05) is 6.54 Å². The Morgan fingerprint density at radius 1 is 0.952 bits per heavy atom. The lowest BCUT2D eigenvalue weighted by Crippen LogP contribution is -2.43. The van der Waals surface area contributed by atoms with E-state index < -0.39 is 31.5 Å². The number of hydrogen-bond acceptors (Lipinski definition) is 4. The predicted octanol–water partition coefficient (Wildman–Crippen LogP) is 7.32. The standard InChI is InChI=1S/C31H35ClF3N3O3S/c32-27-24(31(33,34)35)9-8-10-26(27)42(40,41)23-13-11-21(12-14-23)18-37-29(39)25-17-22-19-36-20-30(28(22)38-25)15-6-4-2-1-3-5-7-16-30/h8-14,17,36,38H,1-7,15-16,18-20H2,(H,37,39). The van der Waals surface area contributed by atoms with Crippen molar-refractivity contribution in [1.29, 1.82) is 0 Å². The van der Waals surface area contributed by atoms with Gasteiger partial charge < -0.3 is 15.6 Å². The third kappa shape index (κ3) is 6.40. The molecule has 1 fully saturated rings. The number of carbonyl (C=O) groups excluding carboxylic acids is 1. The summed E-state index contributed by atoms with van der Waals surface area (Å²) in [6.45, 7) is 1.77. The van der Waals surface area contributed by atoms with Gasteiger partial charge in [-0.1, -0.05) is 74.7 Å². The number of aromatic nitrogens is 1. The molecule has 6 nitrogen and oxygen atoms in total. The number of aromatic amines is 1. The summed E-state index contributed by atoms with van der Waals surface area (Å²) < 4.78 is 65.9. The Balaban J connectivity index is 1.28. The minimum atomic E-state index is -4.78. The first-order chi connectivity index (χ1) is 20.0. The molecule has 0 radical (unpaired) electrons. The Hall–Kier alpha value is -2.82. The smallest absolute Gasteiger partial charge is 0.354 e. The van der Waals surface area contributed by atoms with Crippen molar-refractivity contribution in [3.05, 3.63) is 81.6 Å². The summed E-state index contributed by atoms with van der Waals surface area (Å²) in [5, 5.41) is 5.60. The molecule has 2 aliphatic rings. The number of H-pyrrole nitrogens is 1. The van der Waals surface area contributed by atoms with Crippen LogP contribution in [0, 0.1) is 0 Å². The highest BCUT2D eigenvalue weighted by atomic mass is 35.5. The van der Waals surface area contributed by atoms with Crippen LogP contribution in [0.15, 0.2) is 58.3 Å². The highest BCUT2D eigenvalue weighted by Gasteiger charge is 2.38. The molecule has 2 heterocycles. The summed E-state index contributed by atoms with van der Waals surface area (Å²) in [4.78, 5) is 15.8.